The number of sulfonamides is 1. The van der Waals surface area contributed by atoms with E-state index in [1.807, 2.05) is 64.1 Å². The summed E-state index contributed by atoms with van der Waals surface area (Å²) in [7, 11) is -4.08. The van der Waals surface area contributed by atoms with E-state index in [0.29, 0.717) is 5.69 Å². The summed E-state index contributed by atoms with van der Waals surface area (Å²) in [5.41, 5.74) is 2.92. The first-order chi connectivity index (χ1) is 17.9. The Bertz CT molecular complexity index is 1390. The van der Waals surface area contributed by atoms with E-state index in [1.54, 1.807) is 31.2 Å². The van der Waals surface area contributed by atoms with Crippen molar-refractivity contribution in [2.45, 2.75) is 58.1 Å². The van der Waals surface area contributed by atoms with Crippen LogP contribution in [-0.2, 0) is 26.2 Å². The number of hydrogen-bond donors (Lipinski definition) is 1. The average Bonchev–Trinajstić information content (AvgIpc) is 2.86. The smallest absolute Gasteiger partial charge is 0.264 e. The molecule has 0 aliphatic heterocycles. The molecular weight excluding hydrogens is 566 g/mol. The summed E-state index contributed by atoms with van der Waals surface area (Å²) in [6.45, 7) is 8.76. The molecule has 9 heteroatoms. The summed E-state index contributed by atoms with van der Waals surface area (Å²) >= 11 is 3.45. The summed E-state index contributed by atoms with van der Waals surface area (Å²) in [4.78, 5) is 28.4. The fourth-order valence-corrected chi connectivity index (χ4v) is 6.08. The van der Waals surface area contributed by atoms with Gasteiger partial charge in [-0.1, -0.05) is 64.0 Å². The lowest BCUT2D eigenvalue weighted by atomic mass is 10.1. The first-order valence-electron chi connectivity index (χ1n) is 12.4. The van der Waals surface area contributed by atoms with Crippen molar-refractivity contribution in [1.82, 2.24) is 10.2 Å². The first-order valence-corrected chi connectivity index (χ1v) is 14.6. The highest BCUT2D eigenvalue weighted by Crippen LogP contribution is 2.28. The molecule has 202 valence electrons. The maximum Gasteiger partial charge on any atom is 0.264 e. The molecule has 0 saturated heterocycles. The van der Waals surface area contributed by atoms with Gasteiger partial charge in [-0.15, -0.1) is 0 Å². The fourth-order valence-electron chi connectivity index (χ4n) is 4.14. The lowest BCUT2D eigenvalue weighted by Gasteiger charge is -2.32. The zero-order chi connectivity index (χ0) is 28.0. The van der Waals surface area contributed by atoms with Crippen LogP contribution in [0.15, 0.2) is 82.2 Å². The van der Waals surface area contributed by atoms with Gasteiger partial charge in [0.1, 0.15) is 12.6 Å². The highest BCUT2D eigenvalue weighted by Gasteiger charge is 2.33. The fraction of sp³-hybridized carbons (Fsp3) is 0.310. The van der Waals surface area contributed by atoms with Crippen LogP contribution in [-0.4, -0.2) is 43.8 Å². The Kier molecular flexibility index (Phi) is 9.73. The molecule has 0 saturated carbocycles. The maximum atomic E-state index is 13.9. The van der Waals surface area contributed by atoms with Gasteiger partial charge in [0.25, 0.3) is 10.0 Å². The zero-order valence-electron chi connectivity index (χ0n) is 22.3. The molecule has 2 amide bonds. The summed E-state index contributed by atoms with van der Waals surface area (Å²) in [6, 6.07) is 20.0. The Morgan fingerprint density at radius 3 is 2.21 bits per heavy atom. The molecule has 0 fully saturated rings. The number of rotatable bonds is 10. The van der Waals surface area contributed by atoms with Crippen molar-refractivity contribution in [2.24, 2.45) is 0 Å². The summed E-state index contributed by atoms with van der Waals surface area (Å²) in [5.74, 6) is -0.803. The van der Waals surface area contributed by atoms with E-state index in [2.05, 4.69) is 21.2 Å². The largest absolute Gasteiger partial charge is 0.352 e. The number of carbonyl (C=O) groups excluding carboxylic acids is 2. The highest BCUT2D eigenvalue weighted by molar-refractivity contribution is 9.10. The SMILES string of the molecule is Cc1ccc(N(CC(=O)N(Cc2cccc(Br)c2)[C@@H](C)C(=O)NC(C)C)S(=O)(=O)c2ccccc2)c(C)c1. The molecule has 3 aromatic carbocycles. The van der Waals surface area contributed by atoms with Crippen LogP contribution in [0.25, 0.3) is 0 Å². The lowest BCUT2D eigenvalue weighted by molar-refractivity contribution is -0.139. The standard InChI is InChI=1S/C29H34BrN3O4S/c1-20(2)31-29(35)23(5)32(18-24-10-9-11-25(30)17-24)28(34)19-33(27-15-14-21(3)16-22(27)4)38(36,37)26-12-7-6-8-13-26/h6-17,20,23H,18-19H2,1-5H3,(H,31,35)/t23-/m0/s1. The Morgan fingerprint density at radius 1 is 0.921 bits per heavy atom. The van der Waals surface area contributed by atoms with Crippen molar-refractivity contribution in [3.05, 3.63) is 94.0 Å². The van der Waals surface area contributed by atoms with E-state index in [0.717, 1.165) is 25.5 Å². The number of nitrogens with zero attached hydrogens (tertiary/aromatic N) is 2. The monoisotopic (exact) mass is 599 g/mol. The molecule has 0 aromatic heterocycles. The van der Waals surface area contributed by atoms with Crippen LogP contribution in [0.3, 0.4) is 0 Å². The number of hydrogen-bond acceptors (Lipinski definition) is 4. The van der Waals surface area contributed by atoms with E-state index in [9.17, 15) is 18.0 Å². The topological polar surface area (TPSA) is 86.8 Å². The molecule has 0 unspecified atom stereocenters. The predicted octanol–water partition coefficient (Wildman–Crippen LogP) is 5.20. The van der Waals surface area contributed by atoms with Gasteiger partial charge in [-0.3, -0.25) is 13.9 Å². The molecule has 0 spiro atoms. The minimum Gasteiger partial charge on any atom is -0.352 e. The zero-order valence-corrected chi connectivity index (χ0v) is 24.7. The van der Waals surface area contributed by atoms with Crippen LogP contribution in [0.4, 0.5) is 5.69 Å². The molecule has 7 nitrogen and oxygen atoms in total. The van der Waals surface area contributed by atoms with Gasteiger partial charge in [0.15, 0.2) is 0 Å². The third-order valence-corrected chi connectivity index (χ3v) is 8.34. The van der Waals surface area contributed by atoms with Crippen LogP contribution in [0, 0.1) is 13.8 Å². The maximum absolute atomic E-state index is 13.9. The highest BCUT2D eigenvalue weighted by atomic mass is 79.9. The van der Waals surface area contributed by atoms with Crippen molar-refractivity contribution in [1.29, 1.82) is 0 Å². The quantitative estimate of drug-likeness (QED) is 0.347. The molecule has 0 radical (unpaired) electrons. The van der Waals surface area contributed by atoms with Crippen molar-refractivity contribution in [3.63, 3.8) is 0 Å². The molecule has 0 bridgehead atoms. The summed E-state index contributed by atoms with van der Waals surface area (Å²) in [5, 5.41) is 2.86. The van der Waals surface area contributed by atoms with E-state index in [4.69, 9.17) is 0 Å². The van der Waals surface area contributed by atoms with Crippen molar-refractivity contribution < 1.29 is 18.0 Å². The van der Waals surface area contributed by atoms with Gasteiger partial charge in [0.05, 0.1) is 10.6 Å². The van der Waals surface area contributed by atoms with Crippen molar-refractivity contribution in [3.8, 4) is 0 Å². The second-order valence-corrected chi connectivity index (χ2v) is 12.4. The molecule has 1 N–H and O–H groups in total. The third-order valence-electron chi connectivity index (χ3n) is 6.07. The van der Waals surface area contributed by atoms with Gasteiger partial charge in [0, 0.05) is 17.1 Å². The predicted molar refractivity (Wildman–Crippen MR) is 154 cm³/mol. The van der Waals surface area contributed by atoms with Crippen molar-refractivity contribution >= 4 is 43.5 Å². The van der Waals surface area contributed by atoms with Gasteiger partial charge in [-0.2, -0.15) is 0 Å². The molecule has 38 heavy (non-hydrogen) atoms. The third kappa shape index (κ3) is 7.23. The molecule has 1 atom stereocenters. The number of carbonyl (C=O) groups is 2. The normalized spacial score (nSPS) is 12.2. The van der Waals surface area contributed by atoms with E-state index >= 15 is 0 Å². The Balaban J connectivity index is 2.06. The lowest BCUT2D eigenvalue weighted by Crippen LogP contribution is -2.52. The average molecular weight is 601 g/mol. The summed E-state index contributed by atoms with van der Waals surface area (Å²) in [6.07, 6.45) is 0. The Labute approximate surface area is 234 Å². The van der Waals surface area contributed by atoms with Crippen LogP contribution >= 0.6 is 15.9 Å². The second kappa shape index (κ2) is 12.6. The van der Waals surface area contributed by atoms with E-state index < -0.39 is 28.5 Å². The van der Waals surface area contributed by atoms with E-state index in [1.165, 1.54) is 17.0 Å². The number of anilines is 1. The first kappa shape index (κ1) is 29.4. The number of aryl methyl sites for hydroxylation is 2. The van der Waals surface area contributed by atoms with Gasteiger partial charge >= 0.3 is 0 Å². The van der Waals surface area contributed by atoms with E-state index in [-0.39, 0.29) is 23.4 Å². The number of halogens is 1. The summed E-state index contributed by atoms with van der Waals surface area (Å²) < 4.78 is 29.7. The van der Waals surface area contributed by atoms with Gasteiger partial charge in [0.2, 0.25) is 11.8 Å². The van der Waals surface area contributed by atoms with Gasteiger partial charge in [-0.25, -0.2) is 8.42 Å². The molecule has 0 aliphatic carbocycles. The van der Waals surface area contributed by atoms with Gasteiger partial charge in [-0.05, 0) is 76.1 Å². The Morgan fingerprint density at radius 2 is 1.61 bits per heavy atom. The van der Waals surface area contributed by atoms with Crippen molar-refractivity contribution in [2.75, 3.05) is 10.8 Å². The number of benzene rings is 3. The second-order valence-electron chi connectivity index (χ2n) is 9.61. The number of amides is 2. The van der Waals surface area contributed by atoms with Crippen LogP contribution in [0.1, 0.15) is 37.5 Å². The molecule has 0 heterocycles. The van der Waals surface area contributed by atoms with Crippen LogP contribution < -0.4 is 9.62 Å². The molecular formula is C29H34BrN3O4S. The molecule has 3 rings (SSSR count). The Hall–Kier alpha value is -3.17. The van der Waals surface area contributed by atoms with Gasteiger partial charge < -0.3 is 10.2 Å². The van der Waals surface area contributed by atoms with Crippen LogP contribution in [0.2, 0.25) is 0 Å². The molecule has 3 aromatic rings. The molecule has 0 aliphatic rings. The minimum atomic E-state index is -4.08. The minimum absolute atomic E-state index is 0.0805. The number of nitrogens with one attached hydrogen (secondary N) is 1. The van der Waals surface area contributed by atoms with Crippen LogP contribution in [0.5, 0.6) is 0 Å².